The van der Waals surface area contributed by atoms with Crippen LogP contribution in [0.5, 0.6) is 0 Å². The molecular weight excluding hydrogens is 266 g/mol. The third-order valence-electron chi connectivity index (χ3n) is 2.91. The molecule has 0 spiro atoms. The summed E-state index contributed by atoms with van der Waals surface area (Å²) in [7, 11) is -1.65. The number of alkyl halides is 1. The zero-order valence-corrected chi connectivity index (χ0v) is 11.6. The molecule has 5 nitrogen and oxygen atoms in total. The van der Waals surface area contributed by atoms with Gasteiger partial charge in [0.15, 0.2) is 0 Å². The van der Waals surface area contributed by atoms with Gasteiger partial charge in [-0.1, -0.05) is 0 Å². The van der Waals surface area contributed by atoms with Crippen molar-refractivity contribution in [2.45, 2.75) is 24.9 Å². The summed E-state index contributed by atoms with van der Waals surface area (Å²) < 4.78 is 36.5. The number of rotatable bonds is 8. The third-order valence-corrected chi connectivity index (χ3v) is 4.59. The second-order valence-electron chi connectivity index (χ2n) is 4.23. The van der Waals surface area contributed by atoms with Gasteiger partial charge in [-0.25, -0.2) is 13.1 Å². The van der Waals surface area contributed by atoms with Crippen LogP contribution in [0.25, 0.3) is 0 Å². The molecule has 0 radical (unpaired) electrons. The molecule has 1 saturated heterocycles. The largest absolute Gasteiger partial charge is 0.378 e. The molecule has 0 aromatic heterocycles. The predicted molar refractivity (Wildman–Crippen MR) is 66.9 cm³/mol. The lowest BCUT2D eigenvalue weighted by Gasteiger charge is -2.25. The highest BCUT2D eigenvalue weighted by Gasteiger charge is 2.35. The van der Waals surface area contributed by atoms with Crippen LogP contribution in [0.15, 0.2) is 0 Å². The Morgan fingerprint density at radius 3 is 2.76 bits per heavy atom. The van der Waals surface area contributed by atoms with Crippen molar-refractivity contribution in [1.29, 1.82) is 0 Å². The molecule has 1 fully saturated rings. The van der Waals surface area contributed by atoms with Crippen molar-refractivity contribution in [2.75, 3.05) is 38.5 Å². The van der Waals surface area contributed by atoms with E-state index in [-0.39, 0.29) is 12.3 Å². The van der Waals surface area contributed by atoms with E-state index in [9.17, 15) is 8.42 Å². The van der Waals surface area contributed by atoms with Gasteiger partial charge < -0.3 is 9.47 Å². The number of hydrogen-bond acceptors (Lipinski definition) is 4. The van der Waals surface area contributed by atoms with E-state index < -0.39 is 15.6 Å². The van der Waals surface area contributed by atoms with E-state index in [2.05, 4.69) is 4.72 Å². The maximum Gasteiger partial charge on any atom is 0.211 e. The van der Waals surface area contributed by atoms with E-state index >= 15 is 0 Å². The number of ether oxygens (including phenoxy) is 2. The van der Waals surface area contributed by atoms with Gasteiger partial charge in [-0.2, -0.15) is 0 Å². The number of unbranched alkanes of at least 4 members (excludes halogenated alkanes) is 1. The molecule has 0 aliphatic carbocycles. The SMILES string of the molecule is COC1(CNS(=O)(=O)CCCCCl)CCOC1. The Kier molecular flexibility index (Phi) is 6.16. The summed E-state index contributed by atoms with van der Waals surface area (Å²) in [4.78, 5) is 0. The number of sulfonamides is 1. The monoisotopic (exact) mass is 285 g/mol. The van der Waals surface area contributed by atoms with Crippen molar-refractivity contribution in [3.05, 3.63) is 0 Å². The number of hydrogen-bond donors (Lipinski definition) is 1. The Labute approximate surface area is 108 Å². The molecule has 1 aliphatic rings. The zero-order chi connectivity index (χ0) is 12.8. The molecule has 0 saturated carbocycles. The molecule has 1 unspecified atom stereocenters. The first-order valence-corrected chi connectivity index (χ1v) is 7.88. The van der Waals surface area contributed by atoms with Gasteiger partial charge in [0.2, 0.25) is 10.0 Å². The maximum absolute atomic E-state index is 11.7. The van der Waals surface area contributed by atoms with Crippen LogP contribution in [-0.2, 0) is 19.5 Å². The molecule has 1 rings (SSSR count). The Balaban J connectivity index is 2.37. The van der Waals surface area contributed by atoms with Gasteiger partial charge in [-0.05, 0) is 12.8 Å². The standard InChI is InChI=1S/C10H20ClNO4S/c1-15-10(4-6-16-9-10)8-12-17(13,14)7-3-2-5-11/h12H,2-9H2,1H3. The van der Waals surface area contributed by atoms with Gasteiger partial charge >= 0.3 is 0 Å². The van der Waals surface area contributed by atoms with Crippen molar-refractivity contribution in [2.24, 2.45) is 0 Å². The Hall–Kier alpha value is 0.120. The van der Waals surface area contributed by atoms with Crippen molar-refractivity contribution >= 4 is 21.6 Å². The summed E-state index contributed by atoms with van der Waals surface area (Å²) >= 11 is 5.50. The van der Waals surface area contributed by atoms with Crippen LogP contribution >= 0.6 is 11.6 Å². The number of methoxy groups -OCH3 is 1. The minimum Gasteiger partial charge on any atom is -0.378 e. The van der Waals surface area contributed by atoms with Crippen molar-refractivity contribution < 1.29 is 17.9 Å². The Morgan fingerprint density at radius 1 is 1.47 bits per heavy atom. The summed E-state index contributed by atoms with van der Waals surface area (Å²) in [5, 5.41) is 0. The minimum absolute atomic E-state index is 0.111. The fourth-order valence-corrected chi connectivity index (χ4v) is 3.06. The van der Waals surface area contributed by atoms with Crippen LogP contribution in [-0.4, -0.2) is 52.5 Å². The highest BCUT2D eigenvalue weighted by atomic mass is 35.5. The van der Waals surface area contributed by atoms with Crippen LogP contribution < -0.4 is 4.72 Å². The highest BCUT2D eigenvalue weighted by Crippen LogP contribution is 2.21. The summed E-state index contributed by atoms with van der Waals surface area (Å²) in [5.41, 5.74) is -0.500. The van der Waals surface area contributed by atoms with Crippen LogP contribution in [0.3, 0.4) is 0 Å². The van der Waals surface area contributed by atoms with Gasteiger partial charge in [-0.15, -0.1) is 11.6 Å². The third kappa shape index (κ3) is 5.09. The van der Waals surface area contributed by atoms with Gasteiger partial charge in [-0.3, -0.25) is 0 Å². The molecule has 1 heterocycles. The molecule has 0 aromatic carbocycles. The van der Waals surface area contributed by atoms with Crippen molar-refractivity contribution in [3.8, 4) is 0 Å². The molecule has 1 aliphatic heterocycles. The van der Waals surface area contributed by atoms with Crippen LogP contribution in [0, 0.1) is 0 Å². The molecule has 0 amide bonds. The number of nitrogens with one attached hydrogen (secondary N) is 1. The van der Waals surface area contributed by atoms with Crippen molar-refractivity contribution in [3.63, 3.8) is 0 Å². The summed E-state index contributed by atoms with van der Waals surface area (Å²) in [6.07, 6.45) is 2.00. The lowest BCUT2D eigenvalue weighted by molar-refractivity contribution is -0.0120. The Bertz CT molecular complexity index is 314. The van der Waals surface area contributed by atoms with E-state index in [4.69, 9.17) is 21.1 Å². The summed E-state index contributed by atoms with van der Waals surface area (Å²) in [6, 6.07) is 0. The maximum atomic E-state index is 11.7. The molecule has 17 heavy (non-hydrogen) atoms. The molecule has 0 bridgehead atoms. The minimum atomic E-state index is -3.23. The molecule has 102 valence electrons. The fraction of sp³-hybridized carbons (Fsp3) is 1.00. The van der Waals surface area contributed by atoms with Crippen LogP contribution in [0.2, 0.25) is 0 Å². The second-order valence-corrected chi connectivity index (χ2v) is 6.53. The molecule has 1 atom stereocenters. The lowest BCUT2D eigenvalue weighted by atomic mass is 10.0. The van der Waals surface area contributed by atoms with E-state index in [0.29, 0.717) is 38.4 Å². The average molecular weight is 286 g/mol. The smallest absolute Gasteiger partial charge is 0.211 e. The first kappa shape index (κ1) is 15.2. The lowest BCUT2D eigenvalue weighted by Crippen LogP contribution is -2.45. The molecule has 1 N–H and O–H groups in total. The zero-order valence-electron chi connectivity index (χ0n) is 10.1. The highest BCUT2D eigenvalue weighted by molar-refractivity contribution is 7.89. The van der Waals surface area contributed by atoms with Gasteiger partial charge in [0.1, 0.15) is 5.60 Å². The average Bonchev–Trinajstić information content (AvgIpc) is 2.76. The first-order chi connectivity index (χ1) is 8.04. The van der Waals surface area contributed by atoms with E-state index in [0.717, 1.165) is 0 Å². The van der Waals surface area contributed by atoms with E-state index in [1.54, 1.807) is 7.11 Å². The first-order valence-electron chi connectivity index (χ1n) is 5.70. The van der Waals surface area contributed by atoms with E-state index in [1.807, 2.05) is 0 Å². The van der Waals surface area contributed by atoms with Gasteiger partial charge in [0, 0.05) is 32.6 Å². The molecule has 0 aromatic rings. The normalized spacial score (nSPS) is 25.3. The summed E-state index contributed by atoms with van der Waals surface area (Å²) in [5.74, 6) is 0.603. The molecule has 7 heteroatoms. The fourth-order valence-electron chi connectivity index (χ4n) is 1.66. The van der Waals surface area contributed by atoms with E-state index in [1.165, 1.54) is 0 Å². The topological polar surface area (TPSA) is 64.6 Å². The predicted octanol–water partition coefficient (Wildman–Crippen LogP) is 0.730. The molecular formula is C10H20ClNO4S. The van der Waals surface area contributed by atoms with Crippen LogP contribution in [0.1, 0.15) is 19.3 Å². The summed E-state index contributed by atoms with van der Waals surface area (Å²) in [6.45, 7) is 1.32. The van der Waals surface area contributed by atoms with Crippen LogP contribution in [0.4, 0.5) is 0 Å². The Morgan fingerprint density at radius 2 is 2.24 bits per heavy atom. The number of halogens is 1. The quantitative estimate of drug-likeness (QED) is 0.527. The van der Waals surface area contributed by atoms with Gasteiger partial charge in [0.25, 0.3) is 0 Å². The van der Waals surface area contributed by atoms with Crippen molar-refractivity contribution in [1.82, 2.24) is 4.72 Å². The second kappa shape index (κ2) is 6.89. The van der Waals surface area contributed by atoms with Gasteiger partial charge in [0.05, 0.1) is 12.4 Å².